The van der Waals surface area contributed by atoms with Gasteiger partial charge in [0.15, 0.2) is 0 Å². The van der Waals surface area contributed by atoms with Crippen molar-refractivity contribution in [3.05, 3.63) is 17.5 Å². The molecule has 0 spiro atoms. The van der Waals surface area contributed by atoms with E-state index in [0.29, 0.717) is 12.5 Å². The van der Waals surface area contributed by atoms with Crippen LogP contribution < -0.4 is 4.90 Å². The molecular weight excluding hydrogens is 214 g/mol. The van der Waals surface area contributed by atoms with Crippen LogP contribution in [0.1, 0.15) is 25.2 Å². The van der Waals surface area contributed by atoms with E-state index in [2.05, 4.69) is 28.7 Å². The van der Waals surface area contributed by atoms with E-state index in [9.17, 15) is 0 Å². The predicted octanol–water partition coefficient (Wildman–Crippen LogP) is 2.20. The number of rotatable bonds is 6. The Labute approximate surface area is 104 Å². The molecule has 0 atom stereocenters. The van der Waals surface area contributed by atoms with Crippen molar-refractivity contribution in [3.63, 3.8) is 0 Å². The van der Waals surface area contributed by atoms with Gasteiger partial charge in [0.2, 0.25) is 5.95 Å². The van der Waals surface area contributed by atoms with E-state index in [1.807, 2.05) is 19.9 Å². The van der Waals surface area contributed by atoms with Gasteiger partial charge < -0.3 is 9.64 Å². The second kappa shape index (κ2) is 6.55. The van der Waals surface area contributed by atoms with E-state index in [1.54, 1.807) is 7.11 Å². The molecule has 0 amide bonds. The van der Waals surface area contributed by atoms with Gasteiger partial charge in [-0.1, -0.05) is 13.8 Å². The SMILES string of the molecule is COCCN(CC(C)C)c1nc(C)cc(C)n1. The zero-order chi connectivity index (χ0) is 12.8. The highest BCUT2D eigenvalue weighted by Gasteiger charge is 2.12. The van der Waals surface area contributed by atoms with E-state index in [-0.39, 0.29) is 0 Å². The summed E-state index contributed by atoms with van der Waals surface area (Å²) in [5.41, 5.74) is 2.03. The van der Waals surface area contributed by atoms with Gasteiger partial charge >= 0.3 is 0 Å². The number of methoxy groups -OCH3 is 1. The lowest BCUT2D eigenvalue weighted by Crippen LogP contribution is -2.32. The number of aromatic nitrogens is 2. The summed E-state index contributed by atoms with van der Waals surface area (Å²) < 4.78 is 5.14. The number of hydrogen-bond donors (Lipinski definition) is 0. The molecule has 0 fully saturated rings. The molecule has 1 heterocycles. The van der Waals surface area contributed by atoms with Crippen molar-refractivity contribution in [3.8, 4) is 0 Å². The average Bonchev–Trinajstić information content (AvgIpc) is 2.22. The molecule has 0 aliphatic carbocycles. The van der Waals surface area contributed by atoms with Gasteiger partial charge in [0.05, 0.1) is 6.61 Å². The van der Waals surface area contributed by atoms with Gasteiger partial charge in [-0.3, -0.25) is 0 Å². The summed E-state index contributed by atoms with van der Waals surface area (Å²) in [6, 6.07) is 1.99. The van der Waals surface area contributed by atoms with Gasteiger partial charge in [-0.15, -0.1) is 0 Å². The summed E-state index contributed by atoms with van der Waals surface area (Å²) in [5.74, 6) is 1.39. The monoisotopic (exact) mass is 237 g/mol. The van der Waals surface area contributed by atoms with Crippen LogP contribution in [-0.4, -0.2) is 36.8 Å². The fourth-order valence-electron chi connectivity index (χ4n) is 1.76. The van der Waals surface area contributed by atoms with Crippen molar-refractivity contribution in [2.75, 3.05) is 31.7 Å². The van der Waals surface area contributed by atoms with Crippen LogP contribution in [0, 0.1) is 19.8 Å². The molecule has 1 aromatic rings. The topological polar surface area (TPSA) is 38.2 Å². The van der Waals surface area contributed by atoms with Crippen LogP contribution in [-0.2, 0) is 4.74 Å². The Morgan fingerprint density at radius 1 is 1.24 bits per heavy atom. The molecule has 0 unspecified atom stereocenters. The molecule has 0 saturated carbocycles. The molecule has 0 aliphatic heterocycles. The van der Waals surface area contributed by atoms with Crippen molar-refractivity contribution < 1.29 is 4.74 Å². The number of anilines is 1. The molecule has 96 valence electrons. The van der Waals surface area contributed by atoms with Crippen LogP contribution in [0.25, 0.3) is 0 Å². The quantitative estimate of drug-likeness (QED) is 0.760. The third-order valence-electron chi connectivity index (χ3n) is 2.40. The van der Waals surface area contributed by atoms with E-state index in [1.165, 1.54) is 0 Å². The van der Waals surface area contributed by atoms with Crippen molar-refractivity contribution in [2.24, 2.45) is 5.92 Å². The van der Waals surface area contributed by atoms with Gasteiger partial charge in [-0.05, 0) is 25.8 Å². The van der Waals surface area contributed by atoms with E-state index in [0.717, 1.165) is 30.4 Å². The van der Waals surface area contributed by atoms with Crippen molar-refractivity contribution in [1.82, 2.24) is 9.97 Å². The Kier molecular flexibility index (Phi) is 5.35. The summed E-state index contributed by atoms with van der Waals surface area (Å²) in [7, 11) is 1.72. The number of ether oxygens (including phenoxy) is 1. The van der Waals surface area contributed by atoms with E-state index in [4.69, 9.17) is 4.74 Å². The van der Waals surface area contributed by atoms with Crippen molar-refractivity contribution in [2.45, 2.75) is 27.7 Å². The van der Waals surface area contributed by atoms with Gasteiger partial charge in [0, 0.05) is 31.6 Å². The molecule has 1 rings (SSSR count). The van der Waals surface area contributed by atoms with Crippen LogP contribution in [0.2, 0.25) is 0 Å². The van der Waals surface area contributed by atoms with E-state index < -0.39 is 0 Å². The first-order chi connectivity index (χ1) is 8.02. The van der Waals surface area contributed by atoms with Gasteiger partial charge in [-0.2, -0.15) is 0 Å². The van der Waals surface area contributed by atoms with Crippen LogP contribution in [0.5, 0.6) is 0 Å². The lowest BCUT2D eigenvalue weighted by molar-refractivity contribution is 0.204. The summed E-state index contributed by atoms with van der Waals surface area (Å²) in [5, 5.41) is 0. The predicted molar refractivity (Wildman–Crippen MR) is 70.4 cm³/mol. The molecule has 1 aromatic heterocycles. The minimum atomic E-state index is 0.580. The largest absolute Gasteiger partial charge is 0.383 e. The van der Waals surface area contributed by atoms with Crippen LogP contribution in [0.4, 0.5) is 5.95 Å². The minimum absolute atomic E-state index is 0.580. The number of nitrogens with zero attached hydrogens (tertiary/aromatic N) is 3. The van der Waals surface area contributed by atoms with Gasteiger partial charge in [0.1, 0.15) is 0 Å². The highest BCUT2D eigenvalue weighted by atomic mass is 16.5. The van der Waals surface area contributed by atoms with Gasteiger partial charge in [-0.25, -0.2) is 9.97 Å². The summed E-state index contributed by atoms with van der Waals surface area (Å²) in [6.07, 6.45) is 0. The summed E-state index contributed by atoms with van der Waals surface area (Å²) in [6.45, 7) is 10.9. The Balaban J connectivity index is 2.86. The molecule has 0 bridgehead atoms. The molecule has 4 nitrogen and oxygen atoms in total. The van der Waals surface area contributed by atoms with Crippen molar-refractivity contribution in [1.29, 1.82) is 0 Å². The molecule has 17 heavy (non-hydrogen) atoms. The molecule has 0 aromatic carbocycles. The third kappa shape index (κ3) is 4.69. The average molecular weight is 237 g/mol. The molecule has 0 N–H and O–H groups in total. The molecule has 0 aliphatic rings. The lowest BCUT2D eigenvalue weighted by Gasteiger charge is -2.24. The standard InChI is InChI=1S/C13H23N3O/c1-10(2)9-16(6-7-17-5)13-14-11(3)8-12(4)15-13/h8,10H,6-7,9H2,1-5H3. The highest BCUT2D eigenvalue weighted by molar-refractivity contribution is 5.32. The Hall–Kier alpha value is -1.16. The molecule has 4 heteroatoms. The lowest BCUT2D eigenvalue weighted by atomic mass is 10.2. The third-order valence-corrected chi connectivity index (χ3v) is 2.40. The maximum atomic E-state index is 5.14. The second-order valence-electron chi connectivity index (χ2n) is 4.78. The zero-order valence-corrected chi connectivity index (χ0v) is 11.5. The first kappa shape index (κ1) is 13.9. The highest BCUT2D eigenvalue weighted by Crippen LogP contribution is 2.11. The summed E-state index contributed by atoms with van der Waals surface area (Å²) >= 11 is 0. The van der Waals surface area contributed by atoms with Crippen LogP contribution >= 0.6 is 0 Å². The normalized spacial score (nSPS) is 10.9. The van der Waals surface area contributed by atoms with Crippen LogP contribution in [0.15, 0.2) is 6.07 Å². The van der Waals surface area contributed by atoms with Crippen LogP contribution in [0.3, 0.4) is 0 Å². The summed E-state index contributed by atoms with van der Waals surface area (Å²) in [4.78, 5) is 11.2. The number of hydrogen-bond acceptors (Lipinski definition) is 4. The zero-order valence-electron chi connectivity index (χ0n) is 11.5. The van der Waals surface area contributed by atoms with E-state index >= 15 is 0 Å². The Morgan fingerprint density at radius 2 is 1.82 bits per heavy atom. The maximum absolute atomic E-state index is 5.14. The Morgan fingerprint density at radius 3 is 2.29 bits per heavy atom. The molecular formula is C13H23N3O. The fourth-order valence-corrected chi connectivity index (χ4v) is 1.76. The second-order valence-corrected chi connectivity index (χ2v) is 4.78. The Bertz CT molecular complexity index is 332. The van der Waals surface area contributed by atoms with Crippen molar-refractivity contribution >= 4 is 5.95 Å². The van der Waals surface area contributed by atoms with Gasteiger partial charge in [0.25, 0.3) is 0 Å². The smallest absolute Gasteiger partial charge is 0.225 e. The first-order valence-electron chi connectivity index (χ1n) is 6.09. The maximum Gasteiger partial charge on any atom is 0.225 e. The minimum Gasteiger partial charge on any atom is -0.383 e. The molecule has 0 saturated heterocycles. The first-order valence-corrected chi connectivity index (χ1v) is 6.09. The molecule has 0 radical (unpaired) electrons. The fraction of sp³-hybridized carbons (Fsp3) is 0.692. The number of aryl methyl sites for hydroxylation is 2.